The standard InChI is InChI=1S/C15H21NO3/c1-10(16-12-3-5-13(17)6-4-12)11-2-7-14-15(8-11)19-9-18-14/h2,7-8,10,12-13,16-17H,3-6,9H2,1H3. The maximum atomic E-state index is 9.53. The molecule has 1 aromatic carbocycles. The van der Waals surface area contributed by atoms with Crippen molar-refractivity contribution in [3.8, 4) is 11.5 Å². The fourth-order valence-electron chi connectivity index (χ4n) is 2.87. The van der Waals surface area contributed by atoms with E-state index in [0.29, 0.717) is 12.8 Å². The second-order valence-electron chi connectivity index (χ2n) is 5.51. The Morgan fingerprint density at radius 1 is 1.16 bits per heavy atom. The lowest BCUT2D eigenvalue weighted by atomic mass is 9.92. The number of benzene rings is 1. The maximum Gasteiger partial charge on any atom is 0.231 e. The van der Waals surface area contributed by atoms with Crippen molar-refractivity contribution in [2.24, 2.45) is 0 Å². The molecular formula is C15H21NO3. The summed E-state index contributed by atoms with van der Waals surface area (Å²) >= 11 is 0. The minimum absolute atomic E-state index is 0.0982. The summed E-state index contributed by atoms with van der Waals surface area (Å²) in [6, 6.07) is 6.90. The van der Waals surface area contributed by atoms with Crippen molar-refractivity contribution in [2.75, 3.05) is 6.79 Å². The van der Waals surface area contributed by atoms with Crippen molar-refractivity contribution in [3.05, 3.63) is 23.8 Å². The molecule has 4 heteroatoms. The Morgan fingerprint density at radius 2 is 1.89 bits per heavy atom. The molecule has 0 saturated heterocycles. The van der Waals surface area contributed by atoms with Gasteiger partial charge in [-0.15, -0.1) is 0 Å². The summed E-state index contributed by atoms with van der Waals surface area (Å²) in [5, 5.41) is 13.2. The molecule has 2 N–H and O–H groups in total. The summed E-state index contributed by atoms with van der Waals surface area (Å²) in [4.78, 5) is 0. The van der Waals surface area contributed by atoms with Gasteiger partial charge in [0.05, 0.1) is 6.10 Å². The van der Waals surface area contributed by atoms with E-state index >= 15 is 0 Å². The lowest BCUT2D eigenvalue weighted by molar-refractivity contribution is 0.114. The van der Waals surface area contributed by atoms with E-state index in [2.05, 4.69) is 24.4 Å². The number of nitrogens with one attached hydrogen (secondary N) is 1. The molecule has 2 aliphatic rings. The first-order chi connectivity index (χ1) is 9.22. The van der Waals surface area contributed by atoms with Crippen LogP contribution in [0.3, 0.4) is 0 Å². The first-order valence-corrected chi connectivity index (χ1v) is 7.06. The number of hydrogen-bond acceptors (Lipinski definition) is 4. The predicted octanol–water partition coefficient (Wildman–Crippen LogP) is 2.37. The van der Waals surface area contributed by atoms with Crippen LogP contribution in [0.4, 0.5) is 0 Å². The summed E-state index contributed by atoms with van der Waals surface area (Å²) in [5.41, 5.74) is 1.22. The average Bonchev–Trinajstić information content (AvgIpc) is 2.88. The zero-order valence-corrected chi connectivity index (χ0v) is 11.3. The monoisotopic (exact) mass is 263 g/mol. The Labute approximate surface area is 113 Å². The molecule has 19 heavy (non-hydrogen) atoms. The van der Waals surface area contributed by atoms with Gasteiger partial charge in [-0.1, -0.05) is 6.07 Å². The van der Waals surface area contributed by atoms with Crippen LogP contribution in [0.25, 0.3) is 0 Å². The molecule has 1 aromatic rings. The second kappa shape index (κ2) is 5.39. The van der Waals surface area contributed by atoms with Gasteiger partial charge in [0.1, 0.15) is 0 Å². The highest BCUT2D eigenvalue weighted by Gasteiger charge is 2.22. The molecular weight excluding hydrogens is 242 g/mol. The van der Waals surface area contributed by atoms with Crippen LogP contribution in [0.2, 0.25) is 0 Å². The van der Waals surface area contributed by atoms with Crippen molar-refractivity contribution in [1.82, 2.24) is 5.32 Å². The van der Waals surface area contributed by atoms with Crippen LogP contribution >= 0.6 is 0 Å². The summed E-state index contributed by atoms with van der Waals surface area (Å²) in [6.45, 7) is 2.49. The molecule has 0 radical (unpaired) electrons. The van der Waals surface area contributed by atoms with E-state index in [9.17, 15) is 5.11 Å². The number of ether oxygens (including phenoxy) is 2. The number of hydrogen-bond donors (Lipinski definition) is 2. The van der Waals surface area contributed by atoms with Crippen molar-refractivity contribution < 1.29 is 14.6 Å². The number of rotatable bonds is 3. The minimum Gasteiger partial charge on any atom is -0.454 e. The van der Waals surface area contributed by atoms with E-state index in [1.807, 2.05) is 6.07 Å². The highest BCUT2D eigenvalue weighted by Crippen LogP contribution is 2.34. The zero-order valence-electron chi connectivity index (χ0n) is 11.3. The van der Waals surface area contributed by atoms with Crippen LogP contribution in [-0.4, -0.2) is 24.0 Å². The summed E-state index contributed by atoms with van der Waals surface area (Å²) < 4.78 is 10.7. The summed E-state index contributed by atoms with van der Waals surface area (Å²) in [5.74, 6) is 1.67. The molecule has 0 aromatic heterocycles. The molecule has 1 heterocycles. The van der Waals surface area contributed by atoms with Gasteiger partial charge in [-0.2, -0.15) is 0 Å². The van der Waals surface area contributed by atoms with E-state index in [-0.39, 0.29) is 12.1 Å². The topological polar surface area (TPSA) is 50.7 Å². The third-order valence-electron chi connectivity index (χ3n) is 4.08. The molecule has 3 rings (SSSR count). The number of aliphatic hydroxyl groups excluding tert-OH is 1. The highest BCUT2D eigenvalue weighted by atomic mass is 16.7. The van der Waals surface area contributed by atoms with E-state index in [4.69, 9.17) is 9.47 Å². The second-order valence-corrected chi connectivity index (χ2v) is 5.51. The Bertz CT molecular complexity index is 441. The van der Waals surface area contributed by atoms with Crippen LogP contribution in [0.5, 0.6) is 11.5 Å². The smallest absolute Gasteiger partial charge is 0.231 e. The molecule has 1 aliphatic heterocycles. The van der Waals surface area contributed by atoms with Crippen LogP contribution < -0.4 is 14.8 Å². The van der Waals surface area contributed by atoms with Gasteiger partial charge >= 0.3 is 0 Å². The lowest BCUT2D eigenvalue weighted by Crippen LogP contribution is -2.36. The van der Waals surface area contributed by atoms with Crippen LogP contribution in [0.1, 0.15) is 44.2 Å². The molecule has 1 atom stereocenters. The summed E-state index contributed by atoms with van der Waals surface area (Å²) in [6.07, 6.45) is 3.82. The Balaban J connectivity index is 1.62. The van der Waals surface area contributed by atoms with Crippen LogP contribution in [0, 0.1) is 0 Å². The molecule has 1 aliphatic carbocycles. The molecule has 1 saturated carbocycles. The molecule has 1 fully saturated rings. The van der Waals surface area contributed by atoms with Crippen molar-refractivity contribution >= 4 is 0 Å². The van der Waals surface area contributed by atoms with Gasteiger partial charge < -0.3 is 19.9 Å². The van der Waals surface area contributed by atoms with Gasteiger partial charge in [0.2, 0.25) is 6.79 Å². The third kappa shape index (κ3) is 2.85. The van der Waals surface area contributed by atoms with Gasteiger partial charge in [-0.3, -0.25) is 0 Å². The summed E-state index contributed by atoms with van der Waals surface area (Å²) in [7, 11) is 0. The predicted molar refractivity (Wildman–Crippen MR) is 72.4 cm³/mol. The zero-order chi connectivity index (χ0) is 13.2. The van der Waals surface area contributed by atoms with E-state index in [1.54, 1.807) is 0 Å². The average molecular weight is 263 g/mol. The van der Waals surface area contributed by atoms with Crippen molar-refractivity contribution in [3.63, 3.8) is 0 Å². The van der Waals surface area contributed by atoms with Crippen LogP contribution in [-0.2, 0) is 0 Å². The highest BCUT2D eigenvalue weighted by molar-refractivity contribution is 5.45. The van der Waals surface area contributed by atoms with Gasteiger partial charge in [-0.25, -0.2) is 0 Å². The number of aliphatic hydroxyl groups is 1. The van der Waals surface area contributed by atoms with E-state index < -0.39 is 0 Å². The first-order valence-electron chi connectivity index (χ1n) is 7.06. The van der Waals surface area contributed by atoms with Gasteiger partial charge in [-0.05, 0) is 50.3 Å². The largest absolute Gasteiger partial charge is 0.454 e. The molecule has 4 nitrogen and oxygen atoms in total. The van der Waals surface area contributed by atoms with Gasteiger partial charge in [0.15, 0.2) is 11.5 Å². The fraction of sp³-hybridized carbons (Fsp3) is 0.600. The van der Waals surface area contributed by atoms with Gasteiger partial charge in [0, 0.05) is 12.1 Å². The minimum atomic E-state index is -0.0982. The van der Waals surface area contributed by atoms with E-state index in [1.165, 1.54) is 5.56 Å². The maximum absolute atomic E-state index is 9.53. The SMILES string of the molecule is CC(NC1CCC(O)CC1)c1ccc2c(c1)OCO2. The normalized spacial score (nSPS) is 27.3. The molecule has 1 unspecified atom stereocenters. The van der Waals surface area contributed by atoms with Gasteiger partial charge in [0.25, 0.3) is 0 Å². The first kappa shape index (κ1) is 12.8. The van der Waals surface area contributed by atoms with E-state index in [0.717, 1.165) is 37.2 Å². The molecule has 0 spiro atoms. The lowest BCUT2D eigenvalue weighted by Gasteiger charge is -2.29. The molecule has 0 bridgehead atoms. The Hall–Kier alpha value is -1.26. The van der Waals surface area contributed by atoms with Crippen LogP contribution in [0.15, 0.2) is 18.2 Å². The number of fused-ring (bicyclic) bond motifs is 1. The Kier molecular flexibility index (Phi) is 3.62. The van der Waals surface area contributed by atoms with Crippen molar-refractivity contribution in [2.45, 2.75) is 50.8 Å². The quantitative estimate of drug-likeness (QED) is 0.879. The fourth-order valence-corrected chi connectivity index (χ4v) is 2.87. The third-order valence-corrected chi connectivity index (χ3v) is 4.08. The Morgan fingerprint density at radius 3 is 2.68 bits per heavy atom. The van der Waals surface area contributed by atoms with Crippen molar-refractivity contribution in [1.29, 1.82) is 0 Å². The molecule has 0 amide bonds. The molecule has 104 valence electrons.